The summed E-state index contributed by atoms with van der Waals surface area (Å²) in [5.74, 6) is -0.991. The van der Waals surface area contributed by atoms with Gasteiger partial charge in [0, 0.05) is 18.0 Å². The van der Waals surface area contributed by atoms with Gasteiger partial charge in [-0.15, -0.1) is 0 Å². The van der Waals surface area contributed by atoms with Crippen molar-refractivity contribution in [3.05, 3.63) is 64.3 Å². The zero-order chi connectivity index (χ0) is 15.7. The number of aromatic nitrogens is 3. The lowest BCUT2D eigenvalue weighted by atomic mass is 10.2. The maximum absolute atomic E-state index is 13.0. The van der Waals surface area contributed by atoms with Crippen LogP contribution in [-0.2, 0) is 11.3 Å². The van der Waals surface area contributed by atoms with Gasteiger partial charge in [0.05, 0.1) is 10.7 Å². The molecule has 0 atom stereocenters. The number of hydrogen-bond donors (Lipinski definition) is 0. The van der Waals surface area contributed by atoms with Gasteiger partial charge in [0.25, 0.3) is 0 Å². The summed E-state index contributed by atoms with van der Waals surface area (Å²) in [6, 6.07) is 5.63. The standard InChI is InChI=1S/C15H11ClFN3O2/c1-9-13(14-18-5-2-6-20(14)19-9)15(21)22-8-10-3-4-11(17)7-12(10)16/h2-7H,8H2,1H3. The van der Waals surface area contributed by atoms with E-state index in [2.05, 4.69) is 10.1 Å². The molecule has 7 heteroatoms. The van der Waals surface area contributed by atoms with Gasteiger partial charge in [0.1, 0.15) is 18.0 Å². The van der Waals surface area contributed by atoms with Gasteiger partial charge in [-0.25, -0.2) is 18.7 Å². The Morgan fingerprint density at radius 3 is 3.05 bits per heavy atom. The van der Waals surface area contributed by atoms with Crippen LogP contribution in [0.3, 0.4) is 0 Å². The maximum atomic E-state index is 13.0. The Bertz CT molecular complexity index is 863. The largest absolute Gasteiger partial charge is 0.457 e. The van der Waals surface area contributed by atoms with Crippen LogP contribution < -0.4 is 0 Å². The van der Waals surface area contributed by atoms with Gasteiger partial charge in [-0.2, -0.15) is 5.10 Å². The number of aryl methyl sites for hydroxylation is 1. The molecule has 112 valence electrons. The molecule has 0 amide bonds. The smallest absolute Gasteiger partial charge is 0.344 e. The average Bonchev–Trinajstić information content (AvgIpc) is 2.82. The minimum Gasteiger partial charge on any atom is -0.457 e. The number of carbonyl (C=O) groups is 1. The normalized spacial score (nSPS) is 10.9. The lowest BCUT2D eigenvalue weighted by Gasteiger charge is -2.06. The van der Waals surface area contributed by atoms with E-state index in [0.29, 0.717) is 22.5 Å². The number of nitrogens with zero attached hydrogens (tertiary/aromatic N) is 3. The Labute approximate surface area is 130 Å². The predicted molar refractivity (Wildman–Crippen MR) is 78.3 cm³/mol. The first-order valence-corrected chi connectivity index (χ1v) is 6.85. The summed E-state index contributed by atoms with van der Waals surface area (Å²) in [7, 11) is 0. The highest BCUT2D eigenvalue weighted by Gasteiger charge is 2.19. The van der Waals surface area contributed by atoms with Crippen molar-refractivity contribution in [1.82, 2.24) is 14.6 Å². The fourth-order valence-corrected chi connectivity index (χ4v) is 2.31. The van der Waals surface area contributed by atoms with Crippen molar-refractivity contribution in [3.8, 4) is 0 Å². The SMILES string of the molecule is Cc1nn2cccnc2c1C(=O)OCc1ccc(F)cc1Cl. The second-order valence-corrected chi connectivity index (χ2v) is 5.07. The van der Waals surface area contributed by atoms with Crippen LogP contribution >= 0.6 is 11.6 Å². The summed E-state index contributed by atoms with van der Waals surface area (Å²) in [5.41, 5.74) is 1.78. The van der Waals surface area contributed by atoms with Crippen LogP contribution in [0, 0.1) is 12.7 Å². The van der Waals surface area contributed by atoms with E-state index in [1.54, 1.807) is 25.4 Å². The van der Waals surface area contributed by atoms with Gasteiger partial charge < -0.3 is 4.74 Å². The van der Waals surface area contributed by atoms with Crippen LogP contribution in [0.25, 0.3) is 5.65 Å². The second-order valence-electron chi connectivity index (χ2n) is 4.66. The summed E-state index contributed by atoms with van der Waals surface area (Å²) in [6.45, 7) is 1.65. The molecule has 22 heavy (non-hydrogen) atoms. The summed E-state index contributed by atoms with van der Waals surface area (Å²) >= 11 is 5.90. The summed E-state index contributed by atoms with van der Waals surface area (Å²) in [5, 5.41) is 4.41. The number of halogens is 2. The zero-order valence-corrected chi connectivity index (χ0v) is 12.3. The monoisotopic (exact) mass is 319 g/mol. The second kappa shape index (κ2) is 5.73. The van der Waals surface area contributed by atoms with Crippen LogP contribution in [0.15, 0.2) is 36.7 Å². The molecule has 0 radical (unpaired) electrons. The van der Waals surface area contributed by atoms with Gasteiger partial charge in [-0.1, -0.05) is 17.7 Å². The molecule has 0 saturated heterocycles. The number of rotatable bonds is 3. The van der Waals surface area contributed by atoms with Gasteiger partial charge in [-0.3, -0.25) is 0 Å². The molecule has 0 aliphatic heterocycles. The van der Waals surface area contributed by atoms with E-state index in [1.807, 2.05) is 0 Å². The Morgan fingerprint density at radius 2 is 2.27 bits per heavy atom. The van der Waals surface area contributed by atoms with Crippen molar-refractivity contribution in [1.29, 1.82) is 0 Å². The Morgan fingerprint density at radius 1 is 1.45 bits per heavy atom. The number of fused-ring (bicyclic) bond motifs is 1. The molecule has 0 aliphatic rings. The zero-order valence-electron chi connectivity index (χ0n) is 11.6. The molecule has 0 N–H and O–H groups in total. The van der Waals surface area contributed by atoms with E-state index in [4.69, 9.17) is 16.3 Å². The molecule has 2 heterocycles. The number of carbonyl (C=O) groups excluding carboxylic acids is 1. The van der Waals surface area contributed by atoms with E-state index in [-0.39, 0.29) is 11.6 Å². The predicted octanol–water partition coefficient (Wildman–Crippen LogP) is 3.19. The minimum absolute atomic E-state index is 0.0540. The lowest BCUT2D eigenvalue weighted by molar-refractivity contribution is 0.0474. The van der Waals surface area contributed by atoms with Crippen LogP contribution in [0.4, 0.5) is 4.39 Å². The summed E-state index contributed by atoms with van der Waals surface area (Å²) < 4.78 is 19.7. The first-order valence-electron chi connectivity index (χ1n) is 6.47. The van der Waals surface area contributed by atoms with Crippen molar-refractivity contribution < 1.29 is 13.9 Å². The first-order chi connectivity index (χ1) is 10.6. The fraction of sp³-hybridized carbons (Fsp3) is 0.133. The minimum atomic E-state index is -0.549. The third kappa shape index (κ3) is 2.65. The topological polar surface area (TPSA) is 56.5 Å². The third-order valence-electron chi connectivity index (χ3n) is 3.15. The van der Waals surface area contributed by atoms with E-state index in [9.17, 15) is 9.18 Å². The summed E-state index contributed by atoms with van der Waals surface area (Å²) in [6.07, 6.45) is 3.27. The van der Waals surface area contributed by atoms with Crippen LogP contribution in [-0.4, -0.2) is 20.6 Å². The molecule has 0 spiro atoms. The number of esters is 1. The van der Waals surface area contributed by atoms with E-state index < -0.39 is 11.8 Å². The van der Waals surface area contributed by atoms with Crippen LogP contribution in [0.2, 0.25) is 5.02 Å². The van der Waals surface area contributed by atoms with Crippen molar-refractivity contribution >= 4 is 23.2 Å². The molecule has 0 unspecified atom stereocenters. The lowest BCUT2D eigenvalue weighted by Crippen LogP contribution is -2.07. The van der Waals surface area contributed by atoms with Gasteiger partial charge >= 0.3 is 5.97 Å². The molecule has 0 saturated carbocycles. The highest BCUT2D eigenvalue weighted by atomic mass is 35.5. The van der Waals surface area contributed by atoms with Crippen molar-refractivity contribution in [2.45, 2.75) is 13.5 Å². The van der Waals surface area contributed by atoms with E-state index in [1.165, 1.54) is 22.7 Å². The Kier molecular flexibility index (Phi) is 3.77. The maximum Gasteiger partial charge on any atom is 0.344 e. The molecular weight excluding hydrogens is 309 g/mol. The highest BCUT2D eigenvalue weighted by Crippen LogP contribution is 2.20. The number of benzene rings is 1. The third-order valence-corrected chi connectivity index (χ3v) is 3.50. The number of ether oxygens (including phenoxy) is 1. The molecule has 0 bridgehead atoms. The van der Waals surface area contributed by atoms with E-state index >= 15 is 0 Å². The van der Waals surface area contributed by atoms with Crippen LogP contribution in [0.5, 0.6) is 0 Å². The summed E-state index contributed by atoms with van der Waals surface area (Å²) in [4.78, 5) is 16.4. The Hall–Kier alpha value is -2.47. The van der Waals surface area contributed by atoms with Crippen molar-refractivity contribution in [3.63, 3.8) is 0 Å². The van der Waals surface area contributed by atoms with Crippen molar-refractivity contribution in [2.75, 3.05) is 0 Å². The molecule has 2 aromatic heterocycles. The molecule has 3 rings (SSSR count). The van der Waals surface area contributed by atoms with Crippen molar-refractivity contribution in [2.24, 2.45) is 0 Å². The molecule has 0 fully saturated rings. The number of hydrogen-bond acceptors (Lipinski definition) is 4. The van der Waals surface area contributed by atoms with Crippen LogP contribution in [0.1, 0.15) is 21.6 Å². The molecule has 0 aliphatic carbocycles. The molecule has 3 aromatic rings. The molecule has 1 aromatic carbocycles. The van der Waals surface area contributed by atoms with Gasteiger partial charge in [0.15, 0.2) is 5.65 Å². The first kappa shape index (κ1) is 14.5. The van der Waals surface area contributed by atoms with E-state index in [0.717, 1.165) is 0 Å². The quantitative estimate of drug-likeness (QED) is 0.696. The van der Waals surface area contributed by atoms with Gasteiger partial charge in [-0.05, 0) is 25.1 Å². The molecule has 5 nitrogen and oxygen atoms in total. The fourth-order valence-electron chi connectivity index (χ4n) is 2.09. The molecular formula is C15H11ClFN3O2. The Balaban J connectivity index is 1.83. The average molecular weight is 320 g/mol. The van der Waals surface area contributed by atoms with Gasteiger partial charge in [0.2, 0.25) is 0 Å². The highest BCUT2D eigenvalue weighted by molar-refractivity contribution is 6.31.